The van der Waals surface area contributed by atoms with Gasteiger partial charge in [0.2, 0.25) is 5.91 Å². The number of ether oxygens (including phenoxy) is 1. The summed E-state index contributed by atoms with van der Waals surface area (Å²) in [6.45, 7) is 0. The van der Waals surface area contributed by atoms with Gasteiger partial charge in [-0.05, 0) is 36.6 Å². The Bertz CT molecular complexity index is 577. The van der Waals surface area contributed by atoms with E-state index in [0.29, 0.717) is 18.4 Å². The minimum Gasteiger partial charge on any atom is -0.467 e. The molecule has 0 radical (unpaired) electrons. The van der Waals surface area contributed by atoms with Crippen LogP contribution in [0.25, 0.3) is 6.08 Å². The quantitative estimate of drug-likeness (QED) is 0.687. The van der Waals surface area contributed by atoms with Gasteiger partial charge in [0.15, 0.2) is 0 Å². The SMILES string of the molecule is COC(=O)C1(NC(=O)/C=C/c2cccc(F)c2)CCCCC1. The fraction of sp³-hybridized carbons (Fsp3) is 0.412. The molecule has 2 rings (SSSR count). The molecule has 0 atom stereocenters. The molecule has 4 nitrogen and oxygen atoms in total. The maximum absolute atomic E-state index is 13.1. The average molecular weight is 305 g/mol. The Morgan fingerprint density at radius 2 is 2.00 bits per heavy atom. The maximum atomic E-state index is 13.1. The van der Waals surface area contributed by atoms with Crippen molar-refractivity contribution in [2.24, 2.45) is 0 Å². The minimum atomic E-state index is -0.934. The molecule has 1 fully saturated rings. The first-order valence-corrected chi connectivity index (χ1v) is 7.40. The van der Waals surface area contributed by atoms with Gasteiger partial charge in [0.05, 0.1) is 7.11 Å². The molecular weight excluding hydrogens is 285 g/mol. The second-order valence-electron chi connectivity index (χ2n) is 5.51. The Balaban J connectivity index is 2.06. The number of carbonyl (C=O) groups excluding carboxylic acids is 2. The molecular formula is C17H20FNO3. The van der Waals surface area contributed by atoms with Crippen molar-refractivity contribution in [3.63, 3.8) is 0 Å². The first kappa shape index (κ1) is 16.2. The number of hydrogen-bond acceptors (Lipinski definition) is 3. The number of benzene rings is 1. The van der Waals surface area contributed by atoms with Crippen LogP contribution >= 0.6 is 0 Å². The van der Waals surface area contributed by atoms with Crippen LogP contribution in [-0.2, 0) is 14.3 Å². The standard InChI is InChI=1S/C17H20FNO3/c1-22-16(21)17(10-3-2-4-11-17)19-15(20)9-8-13-6-5-7-14(18)12-13/h5-9,12H,2-4,10-11H2,1H3,(H,19,20)/b9-8+. The number of esters is 1. The van der Waals surface area contributed by atoms with Crippen LogP contribution in [0.1, 0.15) is 37.7 Å². The third-order valence-electron chi connectivity index (χ3n) is 3.92. The third-order valence-corrected chi connectivity index (χ3v) is 3.92. The van der Waals surface area contributed by atoms with Crippen LogP contribution in [0.15, 0.2) is 30.3 Å². The molecule has 1 aliphatic carbocycles. The summed E-state index contributed by atoms with van der Waals surface area (Å²) in [7, 11) is 1.33. The Morgan fingerprint density at radius 3 is 2.64 bits per heavy atom. The zero-order valence-corrected chi connectivity index (χ0v) is 12.6. The molecule has 1 amide bonds. The summed E-state index contributed by atoms with van der Waals surface area (Å²) in [5.74, 6) is -1.14. The van der Waals surface area contributed by atoms with Gasteiger partial charge >= 0.3 is 5.97 Å². The van der Waals surface area contributed by atoms with E-state index in [4.69, 9.17) is 4.74 Å². The van der Waals surface area contributed by atoms with E-state index >= 15 is 0 Å². The molecule has 5 heteroatoms. The molecule has 1 N–H and O–H groups in total. The van der Waals surface area contributed by atoms with Gasteiger partial charge in [-0.2, -0.15) is 0 Å². The highest BCUT2D eigenvalue weighted by molar-refractivity contribution is 5.96. The lowest BCUT2D eigenvalue weighted by Gasteiger charge is -2.34. The van der Waals surface area contributed by atoms with E-state index in [1.807, 2.05) is 0 Å². The third kappa shape index (κ3) is 3.93. The maximum Gasteiger partial charge on any atom is 0.331 e. The first-order chi connectivity index (χ1) is 10.6. The van der Waals surface area contributed by atoms with Crippen molar-refractivity contribution >= 4 is 18.0 Å². The molecule has 0 aliphatic heterocycles. The van der Waals surface area contributed by atoms with Gasteiger partial charge in [-0.3, -0.25) is 4.79 Å². The number of methoxy groups -OCH3 is 1. The fourth-order valence-electron chi connectivity index (χ4n) is 2.79. The summed E-state index contributed by atoms with van der Waals surface area (Å²) >= 11 is 0. The van der Waals surface area contributed by atoms with E-state index in [9.17, 15) is 14.0 Å². The van der Waals surface area contributed by atoms with Crippen LogP contribution in [0, 0.1) is 5.82 Å². The van der Waals surface area contributed by atoms with Crippen molar-refractivity contribution in [3.8, 4) is 0 Å². The lowest BCUT2D eigenvalue weighted by Crippen LogP contribution is -2.55. The van der Waals surface area contributed by atoms with Crippen LogP contribution in [0.3, 0.4) is 0 Å². The predicted molar refractivity (Wildman–Crippen MR) is 81.4 cm³/mol. The van der Waals surface area contributed by atoms with Crippen LogP contribution < -0.4 is 5.32 Å². The molecule has 0 spiro atoms. The number of nitrogens with one attached hydrogen (secondary N) is 1. The summed E-state index contributed by atoms with van der Waals surface area (Å²) in [6, 6.07) is 5.94. The molecule has 1 aromatic carbocycles. The fourth-order valence-corrected chi connectivity index (χ4v) is 2.79. The zero-order valence-electron chi connectivity index (χ0n) is 12.6. The topological polar surface area (TPSA) is 55.4 Å². The van der Waals surface area contributed by atoms with E-state index in [1.54, 1.807) is 12.1 Å². The van der Waals surface area contributed by atoms with Gasteiger partial charge in [0, 0.05) is 6.08 Å². The lowest BCUT2D eigenvalue weighted by molar-refractivity contribution is -0.152. The second-order valence-corrected chi connectivity index (χ2v) is 5.51. The molecule has 0 bridgehead atoms. The molecule has 0 saturated heterocycles. The Labute approximate surface area is 129 Å². The summed E-state index contributed by atoms with van der Waals surface area (Å²) in [4.78, 5) is 24.1. The van der Waals surface area contributed by atoms with Gasteiger partial charge < -0.3 is 10.1 Å². The van der Waals surface area contributed by atoms with E-state index in [-0.39, 0.29) is 11.7 Å². The number of halogens is 1. The van der Waals surface area contributed by atoms with Gasteiger partial charge in [0.1, 0.15) is 11.4 Å². The largest absolute Gasteiger partial charge is 0.467 e. The average Bonchev–Trinajstić information content (AvgIpc) is 2.53. The van der Waals surface area contributed by atoms with E-state index in [1.165, 1.54) is 31.4 Å². The highest BCUT2D eigenvalue weighted by Gasteiger charge is 2.41. The normalized spacial score (nSPS) is 17.2. The summed E-state index contributed by atoms with van der Waals surface area (Å²) < 4.78 is 17.9. The van der Waals surface area contributed by atoms with E-state index < -0.39 is 11.5 Å². The highest BCUT2D eigenvalue weighted by Crippen LogP contribution is 2.29. The zero-order chi connectivity index (χ0) is 16.0. The van der Waals surface area contributed by atoms with Crippen LogP contribution in [0.2, 0.25) is 0 Å². The van der Waals surface area contributed by atoms with Crippen molar-refractivity contribution in [2.45, 2.75) is 37.6 Å². The summed E-state index contributed by atoms with van der Waals surface area (Å²) in [5, 5.41) is 2.77. The van der Waals surface area contributed by atoms with Crippen LogP contribution in [-0.4, -0.2) is 24.5 Å². The van der Waals surface area contributed by atoms with Gasteiger partial charge in [-0.25, -0.2) is 9.18 Å². The van der Waals surface area contributed by atoms with Crippen LogP contribution in [0.4, 0.5) is 4.39 Å². The van der Waals surface area contributed by atoms with Crippen molar-refractivity contribution in [1.29, 1.82) is 0 Å². The molecule has 0 heterocycles. The number of hydrogen-bond donors (Lipinski definition) is 1. The summed E-state index contributed by atoms with van der Waals surface area (Å²) in [6.07, 6.45) is 6.80. The predicted octanol–water partition coefficient (Wildman–Crippen LogP) is 2.83. The Hall–Kier alpha value is -2.17. The van der Waals surface area contributed by atoms with Crippen molar-refractivity contribution in [3.05, 3.63) is 41.7 Å². The molecule has 1 aliphatic rings. The molecule has 1 aromatic rings. The van der Waals surface area contributed by atoms with Gasteiger partial charge in [-0.15, -0.1) is 0 Å². The molecule has 118 valence electrons. The van der Waals surface area contributed by atoms with E-state index in [0.717, 1.165) is 19.3 Å². The van der Waals surface area contributed by atoms with E-state index in [2.05, 4.69) is 5.32 Å². The highest BCUT2D eigenvalue weighted by atomic mass is 19.1. The monoisotopic (exact) mass is 305 g/mol. The number of rotatable bonds is 4. The van der Waals surface area contributed by atoms with Crippen molar-refractivity contribution in [1.82, 2.24) is 5.32 Å². The molecule has 1 saturated carbocycles. The minimum absolute atomic E-state index is 0.360. The van der Waals surface area contributed by atoms with Gasteiger partial charge in [-0.1, -0.05) is 31.4 Å². The van der Waals surface area contributed by atoms with Crippen molar-refractivity contribution < 1.29 is 18.7 Å². The van der Waals surface area contributed by atoms with Gasteiger partial charge in [0.25, 0.3) is 0 Å². The lowest BCUT2D eigenvalue weighted by atomic mass is 9.81. The number of amides is 1. The van der Waals surface area contributed by atoms with Crippen LogP contribution in [0.5, 0.6) is 0 Å². The molecule has 0 unspecified atom stereocenters. The Morgan fingerprint density at radius 1 is 1.27 bits per heavy atom. The smallest absolute Gasteiger partial charge is 0.331 e. The number of carbonyl (C=O) groups is 2. The Kier molecular flexibility index (Phi) is 5.31. The van der Waals surface area contributed by atoms with Crippen molar-refractivity contribution in [2.75, 3.05) is 7.11 Å². The molecule has 0 aromatic heterocycles. The first-order valence-electron chi connectivity index (χ1n) is 7.40. The molecule has 22 heavy (non-hydrogen) atoms. The second kappa shape index (κ2) is 7.20. The summed E-state index contributed by atoms with van der Waals surface area (Å²) in [5.41, 5.74) is -0.345.